The molecule has 3 nitrogen and oxygen atoms in total. The van der Waals surface area contributed by atoms with Crippen molar-refractivity contribution in [1.29, 1.82) is 0 Å². The molecule has 2 aliphatic rings. The molecule has 9 rings (SSSR count). The maximum Gasteiger partial charge on any atom is 0.0908 e. The summed E-state index contributed by atoms with van der Waals surface area (Å²) in [6, 6.07) is 47.7. The number of aromatic nitrogens is 1. The molecule has 5 heteroatoms. The van der Waals surface area contributed by atoms with Crippen LogP contribution < -0.4 is 0 Å². The number of thiophene rings is 1. The van der Waals surface area contributed by atoms with E-state index in [0.717, 1.165) is 23.4 Å². The molecule has 2 heterocycles. The molecule has 5 aromatic carbocycles. The summed E-state index contributed by atoms with van der Waals surface area (Å²) in [7, 11) is 0. The quantitative estimate of drug-likeness (QED) is 0.0245. The van der Waals surface area contributed by atoms with Crippen molar-refractivity contribution in [2.45, 2.75) is 245 Å². The number of pyridine rings is 1. The standard InChI is InChI=1S/C64H92O2.C13H8NS.Ir/c1-7-10-13-16-23-28-41-64(42-29-24-17-14-11-8-2)60-45-50(5)33-37-56(60)58-39-35-53(48-62(58)64)52-34-38-57-55-36-32-49(4)44-59(55)63(61(57)47-52,40-27-15-12-9-3)43-30-25-21-19-18-20-22-26-31-54(66)46-51(6)65;1-2-7-12-10(5-1)9-13(15-12)11-6-3-4-8-14-11;/h32-39,44-48,51,65-66H,7-31,40-43H2,1-6H3;1-8H;/q;-1;. The Bertz CT molecular complexity index is 3010. The first-order chi connectivity index (χ1) is 39.6. The van der Waals surface area contributed by atoms with E-state index >= 15 is 0 Å². The normalized spacial score (nSPS) is 15.1. The monoisotopic (exact) mass is 1300 g/mol. The second kappa shape index (κ2) is 33.2. The fourth-order valence-corrected chi connectivity index (χ4v) is 14.8. The zero-order valence-corrected chi connectivity index (χ0v) is 54.5. The summed E-state index contributed by atoms with van der Waals surface area (Å²) < 4.78 is 1.26. The molecule has 0 saturated carbocycles. The van der Waals surface area contributed by atoms with Gasteiger partial charge in [0.2, 0.25) is 0 Å². The Balaban J connectivity index is 0.000000516. The molecular weight excluding hydrogens is 1200 g/mol. The number of aliphatic hydroxyl groups excluding tert-OH is 2. The van der Waals surface area contributed by atoms with Crippen LogP contribution >= 0.6 is 11.3 Å². The minimum absolute atomic E-state index is 0. The van der Waals surface area contributed by atoms with Crippen molar-refractivity contribution in [3.05, 3.63) is 173 Å². The average Bonchev–Trinajstić information content (AvgIpc) is 2.02. The van der Waals surface area contributed by atoms with Crippen LogP contribution in [0.5, 0.6) is 0 Å². The number of rotatable bonds is 33. The van der Waals surface area contributed by atoms with Crippen LogP contribution in [0.4, 0.5) is 0 Å². The summed E-state index contributed by atoms with van der Waals surface area (Å²) in [6.45, 7) is 13.3. The molecule has 0 aliphatic heterocycles. The molecule has 2 aliphatic carbocycles. The van der Waals surface area contributed by atoms with Crippen LogP contribution in [0.1, 0.15) is 247 Å². The van der Waals surface area contributed by atoms with Crippen molar-refractivity contribution in [2.75, 3.05) is 0 Å². The van der Waals surface area contributed by atoms with E-state index in [4.69, 9.17) is 0 Å². The van der Waals surface area contributed by atoms with Crippen LogP contribution in [0.25, 0.3) is 54.0 Å². The predicted octanol–water partition coefficient (Wildman–Crippen LogP) is 23.5. The first-order valence-electron chi connectivity index (χ1n) is 32.5. The van der Waals surface area contributed by atoms with Gasteiger partial charge < -0.3 is 15.2 Å². The van der Waals surface area contributed by atoms with E-state index in [-0.39, 0.29) is 30.9 Å². The van der Waals surface area contributed by atoms with Gasteiger partial charge in [-0.05, 0) is 142 Å². The summed E-state index contributed by atoms with van der Waals surface area (Å²) in [5.74, 6) is 0.332. The molecule has 2 aromatic heterocycles. The van der Waals surface area contributed by atoms with Gasteiger partial charge in [-0.2, -0.15) is 0 Å². The van der Waals surface area contributed by atoms with E-state index < -0.39 is 6.10 Å². The van der Waals surface area contributed by atoms with Crippen LogP contribution in [0.3, 0.4) is 0 Å². The van der Waals surface area contributed by atoms with E-state index in [1.807, 2.05) is 30.5 Å². The van der Waals surface area contributed by atoms with Crippen LogP contribution in [-0.2, 0) is 30.9 Å². The molecule has 0 fully saturated rings. The molecule has 0 saturated heterocycles. The van der Waals surface area contributed by atoms with Gasteiger partial charge in [-0.25, -0.2) is 11.3 Å². The molecule has 2 unspecified atom stereocenters. The molecule has 0 spiro atoms. The molecule has 0 amide bonds. The second-order valence-electron chi connectivity index (χ2n) is 24.6. The van der Waals surface area contributed by atoms with Crippen molar-refractivity contribution in [3.63, 3.8) is 0 Å². The molecular formula is C77H100IrNO2S-. The van der Waals surface area contributed by atoms with Crippen molar-refractivity contribution >= 4 is 21.4 Å². The Labute approximate surface area is 514 Å². The first kappa shape index (κ1) is 64.9. The Morgan fingerprint density at radius 1 is 0.500 bits per heavy atom. The molecule has 2 atom stereocenters. The maximum atomic E-state index is 10.0. The van der Waals surface area contributed by atoms with E-state index in [2.05, 4.69) is 137 Å². The SMILES string of the molecule is CCCCCCCCC1(CCCCCCCC)c2cc(C)ccc2-c2ccc(-c3ccc4c(c3)C(CCCCCC)(CCCCCCCCCCC(O)=CC(C)O)c3cc(C)ccc3-4)cc21.[Ir].[c-]1c(-c2ccccn2)sc2ccccc12. The van der Waals surface area contributed by atoms with Crippen molar-refractivity contribution < 1.29 is 30.3 Å². The number of nitrogens with zero attached hydrogens (tertiary/aromatic N) is 1. The van der Waals surface area contributed by atoms with Gasteiger partial charge in [-0.3, -0.25) is 0 Å². The third kappa shape index (κ3) is 16.8. The fourth-order valence-electron chi connectivity index (χ4n) is 13.9. The Hall–Kier alpha value is -4.64. The molecule has 82 heavy (non-hydrogen) atoms. The summed E-state index contributed by atoms with van der Waals surface area (Å²) in [6.07, 6.45) is 39.5. The molecule has 7 aromatic rings. The van der Waals surface area contributed by atoms with E-state index in [0.29, 0.717) is 12.2 Å². The van der Waals surface area contributed by atoms with Crippen LogP contribution in [0.2, 0.25) is 0 Å². The first-order valence-corrected chi connectivity index (χ1v) is 33.3. The Kier molecular flexibility index (Phi) is 26.2. The zero-order valence-electron chi connectivity index (χ0n) is 51.3. The van der Waals surface area contributed by atoms with Gasteiger partial charge in [-0.15, -0.1) is 23.6 Å². The number of unbranched alkanes of at least 4 members (excludes halogenated alkanes) is 20. The van der Waals surface area contributed by atoms with Gasteiger partial charge in [-0.1, -0.05) is 265 Å². The van der Waals surface area contributed by atoms with Gasteiger partial charge in [0.1, 0.15) is 0 Å². The second-order valence-corrected chi connectivity index (χ2v) is 25.7. The van der Waals surface area contributed by atoms with Gasteiger partial charge in [0.15, 0.2) is 0 Å². The largest absolute Gasteiger partial charge is 0.513 e. The number of aryl methyl sites for hydroxylation is 2. The van der Waals surface area contributed by atoms with E-state index in [1.165, 1.54) is 222 Å². The maximum absolute atomic E-state index is 10.0. The van der Waals surface area contributed by atoms with Crippen molar-refractivity contribution in [2.24, 2.45) is 0 Å². The minimum atomic E-state index is -0.578. The van der Waals surface area contributed by atoms with Gasteiger partial charge in [0, 0.05) is 49.2 Å². The molecule has 1 radical (unpaired) electrons. The Morgan fingerprint density at radius 2 is 0.902 bits per heavy atom. The Morgan fingerprint density at radius 3 is 1.34 bits per heavy atom. The van der Waals surface area contributed by atoms with Crippen molar-refractivity contribution in [3.8, 4) is 44.0 Å². The smallest absolute Gasteiger partial charge is 0.0908 e. The minimum Gasteiger partial charge on any atom is -0.513 e. The third-order valence-electron chi connectivity index (χ3n) is 18.2. The number of hydrogen-bond acceptors (Lipinski definition) is 4. The number of fused-ring (bicyclic) bond motifs is 7. The molecule has 0 bridgehead atoms. The van der Waals surface area contributed by atoms with Crippen LogP contribution in [-0.4, -0.2) is 21.3 Å². The van der Waals surface area contributed by atoms with Crippen LogP contribution in [0, 0.1) is 19.9 Å². The van der Waals surface area contributed by atoms with Gasteiger partial charge in [0.25, 0.3) is 0 Å². The summed E-state index contributed by atoms with van der Waals surface area (Å²) in [4.78, 5) is 5.43. The zero-order chi connectivity index (χ0) is 56.9. The number of hydrogen-bond donors (Lipinski definition) is 2. The number of allylic oxidation sites excluding steroid dienone is 1. The third-order valence-corrected chi connectivity index (χ3v) is 19.3. The molecule has 441 valence electrons. The van der Waals surface area contributed by atoms with Gasteiger partial charge >= 0.3 is 0 Å². The number of aliphatic hydroxyl groups is 2. The topological polar surface area (TPSA) is 53.4 Å². The van der Waals surface area contributed by atoms with E-state index in [1.54, 1.807) is 46.6 Å². The van der Waals surface area contributed by atoms with Crippen LogP contribution in [0.15, 0.2) is 133 Å². The fraction of sp³-hybridized carbons (Fsp3) is 0.494. The molecule has 2 N–H and O–H groups in total. The summed E-state index contributed by atoms with van der Waals surface area (Å²) >= 11 is 1.73. The average molecular weight is 1300 g/mol. The van der Waals surface area contributed by atoms with E-state index in [9.17, 15) is 10.2 Å². The summed E-state index contributed by atoms with van der Waals surface area (Å²) in [5.41, 5.74) is 19.1. The summed E-state index contributed by atoms with van der Waals surface area (Å²) in [5, 5.41) is 20.7. The van der Waals surface area contributed by atoms with Gasteiger partial charge in [0.05, 0.1) is 11.9 Å². The van der Waals surface area contributed by atoms with Crippen molar-refractivity contribution in [1.82, 2.24) is 4.98 Å². The number of benzene rings is 5. The predicted molar refractivity (Wildman–Crippen MR) is 351 cm³/mol.